The second kappa shape index (κ2) is 6.08. The molecule has 2 N–H and O–H groups in total. The number of nitrogens with one attached hydrogen (secondary N) is 2. The van der Waals surface area contributed by atoms with Crippen LogP contribution in [-0.2, 0) is 4.79 Å². The lowest BCUT2D eigenvalue weighted by atomic mass is 10.1. The third-order valence-corrected chi connectivity index (χ3v) is 3.59. The van der Waals surface area contributed by atoms with Crippen LogP contribution in [-0.4, -0.2) is 18.4 Å². The van der Waals surface area contributed by atoms with E-state index < -0.39 is 0 Å². The van der Waals surface area contributed by atoms with Crippen molar-refractivity contribution in [2.75, 3.05) is 11.9 Å². The molecule has 0 bridgehead atoms. The number of amides is 2. The summed E-state index contributed by atoms with van der Waals surface area (Å²) in [7, 11) is 0. The molecule has 2 aromatic rings. The molecule has 0 spiro atoms. The topological polar surface area (TPSA) is 67.4 Å². The van der Waals surface area contributed by atoms with Gasteiger partial charge < -0.3 is 15.4 Å². The van der Waals surface area contributed by atoms with E-state index in [1.54, 1.807) is 12.1 Å². The van der Waals surface area contributed by atoms with Crippen molar-refractivity contribution in [2.24, 2.45) is 0 Å². The van der Waals surface area contributed by atoms with Gasteiger partial charge in [-0.2, -0.15) is 0 Å². The zero-order chi connectivity index (χ0) is 16.4. The van der Waals surface area contributed by atoms with E-state index >= 15 is 0 Å². The van der Waals surface area contributed by atoms with Crippen LogP contribution in [0.4, 0.5) is 10.1 Å². The summed E-state index contributed by atoms with van der Waals surface area (Å²) < 4.78 is 18.2. The van der Waals surface area contributed by atoms with Gasteiger partial charge in [-0.3, -0.25) is 9.59 Å². The van der Waals surface area contributed by atoms with Crippen LogP contribution >= 0.6 is 0 Å². The second-order valence-electron chi connectivity index (χ2n) is 5.29. The lowest BCUT2D eigenvalue weighted by Crippen LogP contribution is -2.28. The SMILES string of the molecule is CC(NC(=O)c1ccc(F)cc1)c1ccc2c(c1)NC(=O)CO2. The highest BCUT2D eigenvalue weighted by molar-refractivity contribution is 5.96. The molecule has 1 heterocycles. The fourth-order valence-corrected chi connectivity index (χ4v) is 2.33. The van der Waals surface area contributed by atoms with E-state index in [0.29, 0.717) is 17.0 Å². The number of anilines is 1. The Morgan fingerprint density at radius 2 is 2.00 bits per heavy atom. The molecule has 23 heavy (non-hydrogen) atoms. The first-order valence-corrected chi connectivity index (χ1v) is 7.16. The fraction of sp³-hybridized carbons (Fsp3) is 0.176. The number of fused-ring (bicyclic) bond motifs is 1. The Balaban J connectivity index is 1.74. The molecule has 3 rings (SSSR count). The zero-order valence-electron chi connectivity index (χ0n) is 12.4. The molecule has 2 amide bonds. The van der Waals surface area contributed by atoms with Gasteiger partial charge in [-0.15, -0.1) is 0 Å². The molecular formula is C17H15FN2O3. The summed E-state index contributed by atoms with van der Waals surface area (Å²) in [4.78, 5) is 23.5. The van der Waals surface area contributed by atoms with Gasteiger partial charge in [-0.1, -0.05) is 6.07 Å². The minimum Gasteiger partial charge on any atom is -0.482 e. The van der Waals surface area contributed by atoms with Crippen LogP contribution in [0, 0.1) is 5.82 Å². The van der Waals surface area contributed by atoms with Gasteiger partial charge in [0.25, 0.3) is 11.8 Å². The maximum Gasteiger partial charge on any atom is 0.262 e. The lowest BCUT2D eigenvalue weighted by molar-refractivity contribution is -0.118. The van der Waals surface area contributed by atoms with Crippen LogP contribution in [0.5, 0.6) is 5.75 Å². The summed E-state index contributed by atoms with van der Waals surface area (Å²) >= 11 is 0. The summed E-state index contributed by atoms with van der Waals surface area (Å²) in [6, 6.07) is 10.4. The maximum atomic E-state index is 12.9. The van der Waals surface area contributed by atoms with Gasteiger partial charge in [-0.05, 0) is 48.9 Å². The molecule has 1 aliphatic heterocycles. The van der Waals surface area contributed by atoms with Crippen LogP contribution in [0.1, 0.15) is 28.9 Å². The second-order valence-corrected chi connectivity index (χ2v) is 5.29. The van der Waals surface area contributed by atoms with Crippen LogP contribution in [0.2, 0.25) is 0 Å². The van der Waals surface area contributed by atoms with Gasteiger partial charge in [-0.25, -0.2) is 4.39 Å². The number of carbonyl (C=O) groups is 2. The van der Waals surface area contributed by atoms with Crippen LogP contribution in [0.25, 0.3) is 0 Å². The summed E-state index contributed by atoms with van der Waals surface area (Å²) in [5.74, 6) is -0.293. The van der Waals surface area contributed by atoms with Crippen LogP contribution < -0.4 is 15.4 Å². The van der Waals surface area contributed by atoms with E-state index in [1.165, 1.54) is 24.3 Å². The van der Waals surface area contributed by atoms with Crippen molar-refractivity contribution >= 4 is 17.5 Å². The molecule has 0 saturated carbocycles. The lowest BCUT2D eigenvalue weighted by Gasteiger charge is -2.21. The van der Waals surface area contributed by atoms with Crippen molar-refractivity contribution in [1.29, 1.82) is 0 Å². The Labute approximate surface area is 132 Å². The molecule has 0 fully saturated rings. The predicted molar refractivity (Wildman–Crippen MR) is 82.8 cm³/mol. The molecule has 0 aliphatic carbocycles. The van der Waals surface area contributed by atoms with Gasteiger partial charge in [0, 0.05) is 5.56 Å². The molecule has 5 nitrogen and oxygen atoms in total. The highest BCUT2D eigenvalue weighted by atomic mass is 19.1. The number of halogens is 1. The van der Waals surface area contributed by atoms with Gasteiger partial charge in [0.1, 0.15) is 11.6 Å². The van der Waals surface area contributed by atoms with Gasteiger partial charge in [0.15, 0.2) is 6.61 Å². The zero-order valence-corrected chi connectivity index (χ0v) is 12.4. The fourth-order valence-electron chi connectivity index (χ4n) is 2.33. The van der Waals surface area contributed by atoms with Gasteiger partial charge in [0.2, 0.25) is 0 Å². The molecule has 1 aliphatic rings. The van der Waals surface area contributed by atoms with Gasteiger partial charge in [0.05, 0.1) is 11.7 Å². The third-order valence-electron chi connectivity index (χ3n) is 3.59. The van der Waals surface area contributed by atoms with Crippen molar-refractivity contribution in [1.82, 2.24) is 5.32 Å². The predicted octanol–water partition coefficient (Wildman–Crippen LogP) is 2.65. The molecule has 6 heteroatoms. The summed E-state index contributed by atoms with van der Waals surface area (Å²) in [6.07, 6.45) is 0. The molecule has 1 atom stereocenters. The highest BCUT2D eigenvalue weighted by Crippen LogP contribution is 2.30. The van der Waals surface area contributed by atoms with Crippen LogP contribution in [0.3, 0.4) is 0 Å². The smallest absolute Gasteiger partial charge is 0.262 e. The molecular weight excluding hydrogens is 299 g/mol. The van der Waals surface area contributed by atoms with E-state index in [1.807, 2.05) is 13.0 Å². The molecule has 0 aromatic heterocycles. The Kier molecular flexibility index (Phi) is 3.97. The van der Waals surface area contributed by atoms with Crippen molar-refractivity contribution in [3.05, 3.63) is 59.4 Å². The Hall–Kier alpha value is -2.89. The number of hydrogen-bond donors (Lipinski definition) is 2. The van der Waals surface area contributed by atoms with E-state index in [2.05, 4.69) is 10.6 Å². The Bertz CT molecular complexity index is 759. The first-order valence-electron chi connectivity index (χ1n) is 7.16. The molecule has 1 unspecified atom stereocenters. The minimum absolute atomic E-state index is 0.00318. The largest absolute Gasteiger partial charge is 0.482 e. The average Bonchev–Trinajstić information content (AvgIpc) is 2.54. The molecule has 0 saturated heterocycles. The van der Waals surface area contributed by atoms with Crippen molar-refractivity contribution in [3.63, 3.8) is 0 Å². The normalized spacial score (nSPS) is 14.3. The van der Waals surface area contributed by atoms with E-state index in [0.717, 1.165) is 5.56 Å². The Morgan fingerprint density at radius 1 is 1.26 bits per heavy atom. The first-order chi connectivity index (χ1) is 11.0. The third kappa shape index (κ3) is 3.31. The van der Waals surface area contributed by atoms with E-state index in [-0.39, 0.29) is 30.3 Å². The minimum atomic E-state index is -0.389. The number of hydrogen-bond acceptors (Lipinski definition) is 3. The molecule has 0 radical (unpaired) electrons. The number of benzene rings is 2. The number of ether oxygens (including phenoxy) is 1. The average molecular weight is 314 g/mol. The number of rotatable bonds is 3. The van der Waals surface area contributed by atoms with Crippen molar-refractivity contribution in [2.45, 2.75) is 13.0 Å². The van der Waals surface area contributed by atoms with E-state index in [4.69, 9.17) is 4.74 Å². The van der Waals surface area contributed by atoms with Crippen LogP contribution in [0.15, 0.2) is 42.5 Å². The highest BCUT2D eigenvalue weighted by Gasteiger charge is 2.18. The van der Waals surface area contributed by atoms with E-state index in [9.17, 15) is 14.0 Å². The Morgan fingerprint density at radius 3 is 2.74 bits per heavy atom. The first kappa shape index (κ1) is 15.0. The summed E-state index contributed by atoms with van der Waals surface area (Å²) in [5, 5.41) is 5.56. The van der Waals surface area contributed by atoms with Crippen molar-refractivity contribution < 1.29 is 18.7 Å². The number of carbonyl (C=O) groups excluding carboxylic acids is 2. The van der Waals surface area contributed by atoms with Crippen molar-refractivity contribution in [3.8, 4) is 5.75 Å². The summed E-state index contributed by atoms with van der Waals surface area (Å²) in [6.45, 7) is 1.83. The standard InChI is InChI=1S/C17H15FN2O3/c1-10(19-17(22)11-2-5-13(18)6-3-11)12-4-7-15-14(8-12)20-16(21)9-23-15/h2-8,10H,9H2,1H3,(H,19,22)(H,20,21). The van der Waals surface area contributed by atoms with Gasteiger partial charge >= 0.3 is 0 Å². The molecule has 2 aromatic carbocycles. The summed E-state index contributed by atoms with van der Waals surface area (Å²) in [5.41, 5.74) is 1.79. The maximum absolute atomic E-state index is 12.9. The monoisotopic (exact) mass is 314 g/mol. The quantitative estimate of drug-likeness (QED) is 0.915. The molecule has 118 valence electrons.